The van der Waals surface area contributed by atoms with Gasteiger partial charge in [0.25, 0.3) is 0 Å². The first-order valence-electron chi connectivity index (χ1n) is 6.31. The molecule has 2 N–H and O–H groups in total. The molecular formula is C15H19NO4. The quantitative estimate of drug-likeness (QED) is 0.783. The predicted octanol–water partition coefficient (Wildman–Crippen LogP) is 2.46. The van der Waals surface area contributed by atoms with E-state index in [0.717, 1.165) is 17.2 Å². The van der Waals surface area contributed by atoms with Crippen LogP contribution in [0.4, 0.5) is 5.69 Å². The first kappa shape index (κ1) is 15.9. The summed E-state index contributed by atoms with van der Waals surface area (Å²) in [6, 6.07) is 5.27. The SMILES string of the molecule is Cc1cc(NC(=O)COC(C)C)ccc1/C=C/C(=O)O. The Hall–Kier alpha value is -2.14. The minimum Gasteiger partial charge on any atom is -0.478 e. The van der Waals surface area contributed by atoms with Gasteiger partial charge >= 0.3 is 5.97 Å². The van der Waals surface area contributed by atoms with E-state index in [2.05, 4.69) is 5.32 Å². The molecule has 0 atom stereocenters. The van der Waals surface area contributed by atoms with E-state index in [4.69, 9.17) is 9.84 Å². The number of nitrogens with one attached hydrogen (secondary N) is 1. The number of carbonyl (C=O) groups is 2. The van der Waals surface area contributed by atoms with Crippen LogP contribution < -0.4 is 5.32 Å². The minimum absolute atomic E-state index is 0.00557. The maximum atomic E-state index is 11.6. The van der Waals surface area contributed by atoms with Crippen LogP contribution >= 0.6 is 0 Å². The average molecular weight is 277 g/mol. The van der Waals surface area contributed by atoms with Gasteiger partial charge in [0, 0.05) is 11.8 Å². The zero-order chi connectivity index (χ0) is 15.1. The first-order valence-corrected chi connectivity index (χ1v) is 6.31. The smallest absolute Gasteiger partial charge is 0.328 e. The van der Waals surface area contributed by atoms with Crippen molar-refractivity contribution in [3.8, 4) is 0 Å². The summed E-state index contributed by atoms with van der Waals surface area (Å²) in [5.74, 6) is -1.21. The number of hydrogen-bond acceptors (Lipinski definition) is 3. The molecular weight excluding hydrogens is 258 g/mol. The van der Waals surface area contributed by atoms with Gasteiger partial charge in [-0.1, -0.05) is 6.07 Å². The van der Waals surface area contributed by atoms with Crippen molar-refractivity contribution in [3.05, 3.63) is 35.4 Å². The van der Waals surface area contributed by atoms with Crippen molar-refractivity contribution in [1.82, 2.24) is 0 Å². The Morgan fingerprint density at radius 1 is 1.40 bits per heavy atom. The van der Waals surface area contributed by atoms with E-state index in [-0.39, 0.29) is 18.6 Å². The maximum absolute atomic E-state index is 11.6. The monoisotopic (exact) mass is 277 g/mol. The number of hydrogen-bond donors (Lipinski definition) is 2. The van der Waals surface area contributed by atoms with Gasteiger partial charge in [0.1, 0.15) is 6.61 Å². The van der Waals surface area contributed by atoms with Gasteiger partial charge < -0.3 is 15.2 Å². The number of amides is 1. The van der Waals surface area contributed by atoms with E-state index >= 15 is 0 Å². The number of anilines is 1. The van der Waals surface area contributed by atoms with E-state index in [1.54, 1.807) is 18.2 Å². The predicted molar refractivity (Wildman–Crippen MR) is 77.6 cm³/mol. The van der Waals surface area contributed by atoms with Gasteiger partial charge in [-0.2, -0.15) is 0 Å². The van der Waals surface area contributed by atoms with Crippen LogP contribution in [0.5, 0.6) is 0 Å². The van der Waals surface area contributed by atoms with Crippen LogP contribution in [0.3, 0.4) is 0 Å². The number of carbonyl (C=O) groups excluding carboxylic acids is 1. The molecule has 0 unspecified atom stereocenters. The molecule has 5 heteroatoms. The van der Waals surface area contributed by atoms with Crippen LogP contribution in [0.25, 0.3) is 6.08 Å². The van der Waals surface area contributed by atoms with Gasteiger partial charge in [0.15, 0.2) is 0 Å². The molecule has 0 heterocycles. The van der Waals surface area contributed by atoms with Crippen molar-refractivity contribution < 1.29 is 19.4 Å². The standard InChI is InChI=1S/C15H19NO4/c1-10(2)20-9-14(17)16-13-6-4-12(11(3)8-13)5-7-15(18)19/h4-8,10H,9H2,1-3H3,(H,16,17)(H,18,19)/b7-5+. The van der Waals surface area contributed by atoms with Crippen LogP contribution in [-0.4, -0.2) is 29.7 Å². The van der Waals surface area contributed by atoms with Gasteiger partial charge in [-0.3, -0.25) is 4.79 Å². The van der Waals surface area contributed by atoms with Gasteiger partial charge in [-0.25, -0.2) is 4.79 Å². The van der Waals surface area contributed by atoms with Crippen molar-refractivity contribution in [2.45, 2.75) is 26.9 Å². The molecule has 0 aliphatic carbocycles. The number of ether oxygens (including phenoxy) is 1. The second kappa shape index (κ2) is 7.45. The molecule has 0 aliphatic heterocycles. The van der Waals surface area contributed by atoms with E-state index in [1.807, 2.05) is 20.8 Å². The Morgan fingerprint density at radius 2 is 2.10 bits per heavy atom. The highest BCUT2D eigenvalue weighted by atomic mass is 16.5. The number of rotatable bonds is 6. The van der Waals surface area contributed by atoms with Gasteiger partial charge in [0.05, 0.1) is 6.10 Å². The molecule has 1 aromatic rings. The second-order valence-electron chi connectivity index (χ2n) is 4.65. The zero-order valence-corrected chi connectivity index (χ0v) is 11.8. The highest BCUT2D eigenvalue weighted by molar-refractivity contribution is 5.92. The lowest BCUT2D eigenvalue weighted by Crippen LogP contribution is -2.20. The van der Waals surface area contributed by atoms with Crippen LogP contribution in [0.2, 0.25) is 0 Å². The van der Waals surface area contributed by atoms with Crippen molar-refractivity contribution in [2.24, 2.45) is 0 Å². The van der Waals surface area contributed by atoms with E-state index in [9.17, 15) is 9.59 Å². The summed E-state index contributed by atoms with van der Waals surface area (Å²) in [7, 11) is 0. The summed E-state index contributed by atoms with van der Waals surface area (Å²) in [6.07, 6.45) is 2.60. The first-order chi connectivity index (χ1) is 9.38. The van der Waals surface area contributed by atoms with Crippen molar-refractivity contribution >= 4 is 23.6 Å². The highest BCUT2D eigenvalue weighted by Gasteiger charge is 2.05. The molecule has 0 spiro atoms. The van der Waals surface area contributed by atoms with Gasteiger partial charge in [0.2, 0.25) is 5.91 Å². The molecule has 0 radical (unpaired) electrons. The average Bonchev–Trinajstić information content (AvgIpc) is 2.35. The fourth-order valence-corrected chi connectivity index (χ4v) is 1.54. The summed E-state index contributed by atoms with van der Waals surface area (Å²) < 4.78 is 5.21. The number of aryl methyl sites for hydroxylation is 1. The number of benzene rings is 1. The van der Waals surface area contributed by atoms with Crippen LogP contribution in [0.15, 0.2) is 24.3 Å². The minimum atomic E-state index is -0.993. The van der Waals surface area contributed by atoms with Crippen molar-refractivity contribution in [1.29, 1.82) is 0 Å². The zero-order valence-electron chi connectivity index (χ0n) is 11.8. The molecule has 0 saturated carbocycles. The lowest BCUT2D eigenvalue weighted by molar-refractivity contribution is -0.131. The molecule has 0 aliphatic rings. The fraction of sp³-hybridized carbons (Fsp3) is 0.333. The Morgan fingerprint density at radius 3 is 2.65 bits per heavy atom. The molecule has 0 fully saturated rings. The van der Waals surface area contributed by atoms with Crippen LogP contribution in [0.1, 0.15) is 25.0 Å². The Kier molecular flexibility index (Phi) is 5.93. The lowest BCUT2D eigenvalue weighted by Gasteiger charge is -2.10. The summed E-state index contributed by atoms with van der Waals surface area (Å²) in [6.45, 7) is 5.58. The normalized spacial score (nSPS) is 11.0. The topological polar surface area (TPSA) is 75.6 Å². The molecule has 0 aromatic heterocycles. The molecule has 0 bridgehead atoms. The number of carboxylic acid groups (broad SMARTS) is 1. The maximum Gasteiger partial charge on any atom is 0.328 e. The molecule has 1 amide bonds. The van der Waals surface area contributed by atoms with Gasteiger partial charge in [-0.15, -0.1) is 0 Å². The largest absolute Gasteiger partial charge is 0.478 e. The van der Waals surface area contributed by atoms with Crippen LogP contribution in [-0.2, 0) is 14.3 Å². The number of carboxylic acids is 1. The molecule has 0 saturated heterocycles. The summed E-state index contributed by atoms with van der Waals surface area (Å²) >= 11 is 0. The fourth-order valence-electron chi connectivity index (χ4n) is 1.54. The van der Waals surface area contributed by atoms with E-state index < -0.39 is 5.97 Å². The molecule has 108 valence electrons. The highest BCUT2D eigenvalue weighted by Crippen LogP contribution is 2.16. The Bertz CT molecular complexity index is 521. The third-order valence-electron chi connectivity index (χ3n) is 2.51. The molecule has 20 heavy (non-hydrogen) atoms. The van der Waals surface area contributed by atoms with Crippen molar-refractivity contribution in [3.63, 3.8) is 0 Å². The molecule has 1 rings (SSSR count). The third-order valence-corrected chi connectivity index (χ3v) is 2.51. The summed E-state index contributed by atoms with van der Waals surface area (Å²) in [5, 5.41) is 11.3. The molecule has 1 aromatic carbocycles. The number of aliphatic carboxylic acids is 1. The third kappa shape index (κ3) is 5.67. The lowest BCUT2D eigenvalue weighted by atomic mass is 10.1. The van der Waals surface area contributed by atoms with Crippen molar-refractivity contribution in [2.75, 3.05) is 11.9 Å². The summed E-state index contributed by atoms with van der Waals surface area (Å²) in [4.78, 5) is 22.1. The molecule has 5 nitrogen and oxygen atoms in total. The Labute approximate surface area is 118 Å². The van der Waals surface area contributed by atoms with Crippen LogP contribution in [0, 0.1) is 6.92 Å². The Balaban J connectivity index is 2.67. The van der Waals surface area contributed by atoms with E-state index in [1.165, 1.54) is 6.08 Å². The second-order valence-corrected chi connectivity index (χ2v) is 4.65. The summed E-state index contributed by atoms with van der Waals surface area (Å²) in [5.41, 5.74) is 2.33. The van der Waals surface area contributed by atoms with Gasteiger partial charge in [-0.05, 0) is 50.1 Å². The van der Waals surface area contributed by atoms with E-state index in [0.29, 0.717) is 5.69 Å².